The van der Waals surface area contributed by atoms with Crippen LogP contribution in [0.15, 0.2) is 48.8 Å². The van der Waals surface area contributed by atoms with Crippen LogP contribution in [0.4, 0.5) is 5.82 Å². The number of nitrogens with zero attached hydrogens (tertiary/aromatic N) is 3. The van der Waals surface area contributed by atoms with Gasteiger partial charge in [0.25, 0.3) is 0 Å². The number of thiophene rings is 1. The van der Waals surface area contributed by atoms with Crippen LogP contribution in [0, 0.1) is 13.8 Å². The van der Waals surface area contributed by atoms with Crippen LogP contribution in [0.2, 0.25) is 0 Å². The maximum absolute atomic E-state index is 4.67. The molecule has 0 atom stereocenters. The number of quaternary nitrogens is 1. The average Bonchev–Trinajstić information content (AvgIpc) is 3.03. The molecule has 0 saturated carbocycles. The van der Waals surface area contributed by atoms with Crippen LogP contribution in [-0.4, -0.2) is 36.1 Å². The molecule has 1 saturated heterocycles. The Morgan fingerprint density at radius 2 is 1.79 bits per heavy atom. The Kier molecular flexibility index (Phi) is 4.49. The SMILES string of the molecule is Cc1sc2ncnc(N3CC[NH+](Cc4cccc5ccccc45)CC3)c2c1C. The first-order valence-corrected chi connectivity index (χ1v) is 10.8. The zero-order chi connectivity index (χ0) is 19.1. The zero-order valence-corrected chi connectivity index (χ0v) is 17.2. The molecule has 0 unspecified atom stereocenters. The molecule has 0 bridgehead atoms. The lowest BCUT2D eigenvalue weighted by Gasteiger charge is -2.33. The molecule has 1 aliphatic heterocycles. The highest BCUT2D eigenvalue weighted by Crippen LogP contribution is 2.34. The van der Waals surface area contributed by atoms with E-state index in [0.29, 0.717) is 0 Å². The van der Waals surface area contributed by atoms with Gasteiger partial charge in [-0.3, -0.25) is 0 Å². The first-order chi connectivity index (χ1) is 13.7. The fourth-order valence-electron chi connectivity index (χ4n) is 4.33. The van der Waals surface area contributed by atoms with Gasteiger partial charge in [-0.15, -0.1) is 11.3 Å². The Morgan fingerprint density at radius 3 is 2.64 bits per heavy atom. The molecule has 0 amide bonds. The third-order valence-corrected chi connectivity index (χ3v) is 7.15. The number of rotatable bonds is 3. The van der Waals surface area contributed by atoms with Gasteiger partial charge in [0.15, 0.2) is 0 Å². The second kappa shape index (κ2) is 7.15. The molecule has 0 aliphatic carbocycles. The van der Waals surface area contributed by atoms with Crippen molar-refractivity contribution in [1.29, 1.82) is 0 Å². The van der Waals surface area contributed by atoms with Crippen LogP contribution >= 0.6 is 11.3 Å². The summed E-state index contributed by atoms with van der Waals surface area (Å²) in [6.45, 7) is 9.82. The highest BCUT2D eigenvalue weighted by atomic mass is 32.1. The first kappa shape index (κ1) is 17.6. The summed E-state index contributed by atoms with van der Waals surface area (Å²) in [6.07, 6.45) is 1.72. The van der Waals surface area contributed by atoms with Crippen molar-refractivity contribution >= 4 is 38.1 Å². The largest absolute Gasteiger partial charge is 0.345 e. The van der Waals surface area contributed by atoms with Gasteiger partial charge in [0.2, 0.25) is 0 Å². The first-order valence-electron chi connectivity index (χ1n) is 9.96. The molecule has 0 radical (unpaired) electrons. The van der Waals surface area contributed by atoms with Crippen molar-refractivity contribution in [2.24, 2.45) is 0 Å². The number of piperazine rings is 1. The summed E-state index contributed by atoms with van der Waals surface area (Å²) in [5.74, 6) is 1.12. The molecule has 1 fully saturated rings. The van der Waals surface area contributed by atoms with Crippen LogP contribution in [0.5, 0.6) is 0 Å². The van der Waals surface area contributed by atoms with E-state index >= 15 is 0 Å². The van der Waals surface area contributed by atoms with Crippen LogP contribution < -0.4 is 9.80 Å². The molecular formula is C23H25N4S+. The van der Waals surface area contributed by atoms with Crippen molar-refractivity contribution < 1.29 is 4.90 Å². The fraction of sp³-hybridized carbons (Fsp3) is 0.304. The number of hydrogen-bond donors (Lipinski definition) is 1. The Bertz CT molecular complexity index is 1140. The Labute approximate surface area is 169 Å². The maximum atomic E-state index is 4.67. The highest BCUT2D eigenvalue weighted by molar-refractivity contribution is 7.18. The molecule has 2 aromatic carbocycles. The molecular weight excluding hydrogens is 364 g/mol. The van der Waals surface area contributed by atoms with E-state index in [0.717, 1.165) is 43.4 Å². The van der Waals surface area contributed by atoms with Crippen molar-refractivity contribution in [3.05, 3.63) is 64.8 Å². The molecule has 1 N–H and O–H groups in total. The highest BCUT2D eigenvalue weighted by Gasteiger charge is 2.24. The lowest BCUT2D eigenvalue weighted by molar-refractivity contribution is -0.914. The van der Waals surface area contributed by atoms with E-state index < -0.39 is 0 Å². The predicted octanol–water partition coefficient (Wildman–Crippen LogP) is 3.37. The summed E-state index contributed by atoms with van der Waals surface area (Å²) >= 11 is 1.78. The Balaban J connectivity index is 1.34. The van der Waals surface area contributed by atoms with Gasteiger partial charge in [0.1, 0.15) is 23.5 Å². The number of nitrogens with one attached hydrogen (secondary N) is 1. The summed E-state index contributed by atoms with van der Waals surface area (Å²) in [5.41, 5.74) is 2.79. The monoisotopic (exact) mass is 389 g/mol. The van der Waals surface area contributed by atoms with Gasteiger partial charge in [-0.2, -0.15) is 0 Å². The summed E-state index contributed by atoms with van der Waals surface area (Å²) in [6, 6.07) is 15.4. The summed E-state index contributed by atoms with van der Waals surface area (Å²) < 4.78 is 0. The van der Waals surface area contributed by atoms with Gasteiger partial charge in [0.05, 0.1) is 31.6 Å². The second-order valence-electron chi connectivity index (χ2n) is 7.71. The number of fused-ring (bicyclic) bond motifs is 2. The second-order valence-corrected chi connectivity index (χ2v) is 8.92. The lowest BCUT2D eigenvalue weighted by atomic mass is 10.0. The predicted molar refractivity (Wildman–Crippen MR) is 117 cm³/mol. The van der Waals surface area contributed by atoms with Crippen molar-refractivity contribution in [1.82, 2.24) is 9.97 Å². The molecule has 3 heterocycles. The summed E-state index contributed by atoms with van der Waals surface area (Å²) in [4.78, 5) is 15.7. The quantitative estimate of drug-likeness (QED) is 0.583. The smallest absolute Gasteiger partial charge is 0.141 e. The molecule has 2 aromatic heterocycles. The van der Waals surface area contributed by atoms with E-state index in [4.69, 9.17) is 0 Å². The van der Waals surface area contributed by atoms with Gasteiger partial charge in [0, 0.05) is 10.4 Å². The minimum absolute atomic E-state index is 1.04. The molecule has 142 valence electrons. The van der Waals surface area contributed by atoms with Crippen molar-refractivity contribution in [3.63, 3.8) is 0 Å². The van der Waals surface area contributed by atoms with Gasteiger partial charge in [-0.1, -0.05) is 42.5 Å². The van der Waals surface area contributed by atoms with E-state index in [1.165, 1.54) is 32.2 Å². The standard InChI is InChI=1S/C23H24N4S/c1-16-17(2)28-23-21(16)22(24-15-25-23)27-12-10-26(11-13-27)14-19-8-5-7-18-6-3-4-9-20(18)19/h3-9,15H,10-14H2,1-2H3/p+1. The minimum Gasteiger partial charge on any atom is -0.345 e. The third kappa shape index (κ3) is 3.05. The minimum atomic E-state index is 1.04. The maximum Gasteiger partial charge on any atom is 0.141 e. The van der Waals surface area contributed by atoms with E-state index in [9.17, 15) is 0 Å². The number of aryl methyl sites for hydroxylation is 2. The van der Waals surface area contributed by atoms with E-state index in [1.54, 1.807) is 22.6 Å². The molecule has 28 heavy (non-hydrogen) atoms. The summed E-state index contributed by atoms with van der Waals surface area (Å²) in [7, 11) is 0. The number of anilines is 1. The zero-order valence-electron chi connectivity index (χ0n) is 16.4. The Hall–Kier alpha value is -2.50. The lowest BCUT2D eigenvalue weighted by Crippen LogP contribution is -3.13. The molecule has 5 heteroatoms. The van der Waals surface area contributed by atoms with Crippen LogP contribution in [0.25, 0.3) is 21.0 Å². The number of aromatic nitrogens is 2. The molecule has 1 aliphatic rings. The van der Waals surface area contributed by atoms with E-state index in [-0.39, 0.29) is 0 Å². The molecule has 5 rings (SSSR count). The van der Waals surface area contributed by atoms with Crippen molar-refractivity contribution in [2.45, 2.75) is 20.4 Å². The normalized spacial score (nSPS) is 15.6. The van der Waals surface area contributed by atoms with E-state index in [2.05, 4.69) is 71.2 Å². The number of hydrogen-bond acceptors (Lipinski definition) is 4. The van der Waals surface area contributed by atoms with Gasteiger partial charge in [-0.25, -0.2) is 9.97 Å². The topological polar surface area (TPSA) is 33.5 Å². The van der Waals surface area contributed by atoms with Gasteiger partial charge >= 0.3 is 0 Å². The van der Waals surface area contributed by atoms with Crippen molar-refractivity contribution in [3.8, 4) is 0 Å². The average molecular weight is 390 g/mol. The van der Waals surface area contributed by atoms with Crippen LogP contribution in [0.3, 0.4) is 0 Å². The van der Waals surface area contributed by atoms with Crippen LogP contribution in [0.1, 0.15) is 16.0 Å². The molecule has 0 spiro atoms. The summed E-state index contributed by atoms with van der Waals surface area (Å²) in [5, 5.41) is 3.98. The van der Waals surface area contributed by atoms with E-state index in [1.807, 2.05) is 0 Å². The molecule has 4 nitrogen and oxygen atoms in total. The number of benzene rings is 2. The molecule has 4 aromatic rings. The fourth-order valence-corrected chi connectivity index (χ4v) is 5.32. The van der Waals surface area contributed by atoms with Crippen LogP contribution in [-0.2, 0) is 6.54 Å². The van der Waals surface area contributed by atoms with Gasteiger partial charge < -0.3 is 9.80 Å². The Morgan fingerprint density at radius 1 is 1.00 bits per heavy atom. The third-order valence-electron chi connectivity index (χ3n) is 6.04. The van der Waals surface area contributed by atoms with Gasteiger partial charge in [-0.05, 0) is 30.2 Å². The van der Waals surface area contributed by atoms with Crippen molar-refractivity contribution in [2.75, 3.05) is 31.1 Å².